The summed E-state index contributed by atoms with van der Waals surface area (Å²) < 4.78 is 0. The fraction of sp³-hybridized carbons (Fsp3) is 0.560. The number of rotatable bonds is 1. The molecule has 2 atom stereocenters. The number of nitrogens with zero attached hydrogens (tertiary/aromatic N) is 4. The monoisotopic (exact) mass is 401 g/mol. The van der Waals surface area contributed by atoms with Crippen LogP contribution in [0.25, 0.3) is 0 Å². The molecule has 1 aromatic carbocycles. The third kappa shape index (κ3) is 2.70. The van der Waals surface area contributed by atoms with Crippen LogP contribution >= 0.6 is 0 Å². The van der Waals surface area contributed by atoms with E-state index < -0.39 is 0 Å². The van der Waals surface area contributed by atoms with E-state index in [-0.39, 0.29) is 16.9 Å². The van der Waals surface area contributed by atoms with Gasteiger partial charge in [0.05, 0.1) is 17.7 Å². The number of fused-ring (bicyclic) bond motifs is 3. The quantitative estimate of drug-likeness (QED) is 0.757. The lowest BCUT2D eigenvalue weighted by Crippen LogP contribution is -2.55. The van der Waals surface area contributed by atoms with Gasteiger partial charge >= 0.3 is 0 Å². The van der Waals surface area contributed by atoms with Crippen molar-refractivity contribution in [2.24, 2.45) is 5.41 Å². The number of benzene rings is 1. The molecule has 5 nitrogen and oxygen atoms in total. The summed E-state index contributed by atoms with van der Waals surface area (Å²) in [6, 6.07) is 8.95. The molecule has 1 unspecified atom stereocenters. The maximum Gasteiger partial charge on any atom is 0.140 e. The van der Waals surface area contributed by atoms with E-state index in [2.05, 4.69) is 61.1 Å². The predicted molar refractivity (Wildman–Crippen MR) is 119 cm³/mol. The zero-order chi connectivity index (χ0) is 21.1. The number of hydrogen-bond acceptors (Lipinski definition) is 5. The van der Waals surface area contributed by atoms with Crippen LogP contribution in [0.4, 0.5) is 11.5 Å². The van der Waals surface area contributed by atoms with E-state index in [1.54, 1.807) is 6.33 Å². The Hall–Kier alpha value is -2.45. The van der Waals surface area contributed by atoms with Crippen molar-refractivity contribution in [2.75, 3.05) is 18.0 Å². The van der Waals surface area contributed by atoms with Gasteiger partial charge in [-0.05, 0) is 73.9 Å². The third-order valence-corrected chi connectivity index (χ3v) is 7.50. The molecule has 0 bridgehead atoms. The maximum absolute atomic E-state index is 9.63. The molecule has 2 aromatic rings. The van der Waals surface area contributed by atoms with Crippen molar-refractivity contribution in [3.8, 4) is 6.07 Å². The van der Waals surface area contributed by atoms with Crippen LogP contribution in [-0.2, 0) is 11.8 Å². The SMILES string of the molecule is CC1CCc2ncnc(N3c4ccc(C#N)cc4C4(CCNCC4)[C@H]3C(C)(C)C)c21. The van der Waals surface area contributed by atoms with Gasteiger partial charge in [0.2, 0.25) is 0 Å². The van der Waals surface area contributed by atoms with E-state index in [9.17, 15) is 5.26 Å². The Bertz CT molecular complexity index is 1020. The van der Waals surface area contributed by atoms with Crippen molar-refractivity contribution in [3.63, 3.8) is 0 Å². The highest BCUT2D eigenvalue weighted by molar-refractivity contribution is 5.76. The molecular formula is C25H31N5. The number of nitrogens with one attached hydrogen (secondary N) is 1. The van der Waals surface area contributed by atoms with Gasteiger partial charge in [-0.2, -0.15) is 5.26 Å². The molecule has 30 heavy (non-hydrogen) atoms. The highest BCUT2D eigenvalue weighted by Crippen LogP contribution is 2.58. The van der Waals surface area contributed by atoms with Gasteiger partial charge in [0, 0.05) is 22.4 Å². The van der Waals surface area contributed by atoms with Crippen LogP contribution in [0.5, 0.6) is 0 Å². The molecule has 1 spiro atoms. The van der Waals surface area contributed by atoms with Gasteiger partial charge in [-0.1, -0.05) is 27.7 Å². The number of nitriles is 1. The van der Waals surface area contributed by atoms with E-state index in [0.717, 1.165) is 50.2 Å². The largest absolute Gasteiger partial charge is 0.321 e. The smallest absolute Gasteiger partial charge is 0.140 e. The molecule has 1 aliphatic carbocycles. The Morgan fingerprint density at radius 1 is 1.20 bits per heavy atom. The zero-order valence-corrected chi connectivity index (χ0v) is 18.5. The summed E-state index contributed by atoms with van der Waals surface area (Å²) in [5, 5.41) is 13.2. The van der Waals surface area contributed by atoms with Gasteiger partial charge in [0.25, 0.3) is 0 Å². The molecule has 0 amide bonds. The summed E-state index contributed by atoms with van der Waals surface area (Å²) in [7, 11) is 0. The zero-order valence-electron chi connectivity index (χ0n) is 18.5. The molecule has 3 aliphatic rings. The van der Waals surface area contributed by atoms with Crippen molar-refractivity contribution in [1.29, 1.82) is 5.26 Å². The minimum Gasteiger partial charge on any atom is -0.321 e. The second kappa shape index (κ2) is 6.78. The Morgan fingerprint density at radius 3 is 2.67 bits per heavy atom. The lowest BCUT2D eigenvalue weighted by molar-refractivity contribution is 0.172. The van der Waals surface area contributed by atoms with Crippen molar-refractivity contribution in [1.82, 2.24) is 15.3 Å². The fourth-order valence-corrected chi connectivity index (χ4v) is 6.43. The maximum atomic E-state index is 9.63. The molecule has 1 aromatic heterocycles. The average molecular weight is 402 g/mol. The first-order valence-corrected chi connectivity index (χ1v) is 11.3. The van der Waals surface area contributed by atoms with Gasteiger partial charge < -0.3 is 10.2 Å². The molecule has 1 fully saturated rings. The molecule has 1 N–H and O–H groups in total. The van der Waals surface area contributed by atoms with E-state index in [0.29, 0.717) is 5.92 Å². The highest BCUT2D eigenvalue weighted by Gasteiger charge is 2.56. The van der Waals surface area contributed by atoms with Gasteiger partial charge in [0.15, 0.2) is 0 Å². The minimum atomic E-state index is 0.0192. The lowest BCUT2D eigenvalue weighted by atomic mass is 9.62. The Morgan fingerprint density at radius 2 is 1.97 bits per heavy atom. The molecule has 1 saturated heterocycles. The second-order valence-corrected chi connectivity index (χ2v) is 10.4. The average Bonchev–Trinajstić information content (AvgIpc) is 3.24. The Kier molecular flexibility index (Phi) is 4.41. The lowest BCUT2D eigenvalue weighted by Gasteiger charge is -2.48. The summed E-state index contributed by atoms with van der Waals surface area (Å²) in [6.45, 7) is 11.4. The first-order chi connectivity index (χ1) is 14.4. The van der Waals surface area contributed by atoms with Crippen LogP contribution in [0.2, 0.25) is 0 Å². The van der Waals surface area contributed by atoms with E-state index in [1.165, 1.54) is 22.5 Å². The summed E-state index contributed by atoms with van der Waals surface area (Å²) in [6.07, 6.45) is 6.09. The normalized spacial score (nSPS) is 24.6. The van der Waals surface area contributed by atoms with Crippen molar-refractivity contribution in [3.05, 3.63) is 46.9 Å². The molecule has 156 valence electrons. The van der Waals surface area contributed by atoms with Gasteiger partial charge in [-0.15, -0.1) is 0 Å². The number of anilines is 2. The fourth-order valence-electron chi connectivity index (χ4n) is 6.43. The Balaban J connectivity index is 1.80. The second-order valence-electron chi connectivity index (χ2n) is 10.4. The van der Waals surface area contributed by atoms with Crippen LogP contribution in [0.3, 0.4) is 0 Å². The van der Waals surface area contributed by atoms with Crippen LogP contribution in [0.1, 0.15) is 75.3 Å². The summed E-state index contributed by atoms with van der Waals surface area (Å²) in [5.74, 6) is 1.56. The number of aryl methyl sites for hydroxylation is 1. The molecule has 5 rings (SSSR count). The summed E-state index contributed by atoms with van der Waals surface area (Å²) in [4.78, 5) is 12.1. The molecular weight excluding hydrogens is 370 g/mol. The summed E-state index contributed by atoms with van der Waals surface area (Å²) >= 11 is 0. The molecule has 3 heterocycles. The predicted octanol–water partition coefficient (Wildman–Crippen LogP) is 4.59. The van der Waals surface area contributed by atoms with Gasteiger partial charge in [0.1, 0.15) is 12.1 Å². The van der Waals surface area contributed by atoms with E-state index >= 15 is 0 Å². The molecule has 5 heteroatoms. The highest BCUT2D eigenvalue weighted by atomic mass is 15.3. The van der Waals surface area contributed by atoms with E-state index in [4.69, 9.17) is 4.98 Å². The Labute approximate surface area is 179 Å². The number of aromatic nitrogens is 2. The molecule has 0 saturated carbocycles. The number of piperidine rings is 1. The van der Waals surface area contributed by atoms with Gasteiger partial charge in [-0.25, -0.2) is 9.97 Å². The van der Waals surface area contributed by atoms with Crippen molar-refractivity contribution >= 4 is 11.5 Å². The van der Waals surface area contributed by atoms with Crippen LogP contribution in [0.15, 0.2) is 24.5 Å². The van der Waals surface area contributed by atoms with E-state index in [1.807, 2.05) is 6.07 Å². The summed E-state index contributed by atoms with van der Waals surface area (Å²) in [5.41, 5.74) is 5.92. The van der Waals surface area contributed by atoms with Crippen molar-refractivity contribution in [2.45, 2.75) is 70.8 Å². The molecule has 0 radical (unpaired) electrons. The minimum absolute atomic E-state index is 0.0192. The number of hydrogen-bond donors (Lipinski definition) is 1. The van der Waals surface area contributed by atoms with Crippen LogP contribution in [0, 0.1) is 16.7 Å². The first-order valence-electron chi connectivity index (χ1n) is 11.3. The standard InChI is InChI=1S/C25H31N5/c1-16-5-7-19-21(16)22(29-15-28-19)30-20-8-6-17(14-26)13-18(20)25(9-11-27-12-10-25)23(30)24(2,3)4/h6,8,13,15-16,23,27H,5,7,9-12H2,1-4H3/t16?,23-/m1/s1. The van der Waals surface area contributed by atoms with Gasteiger partial charge in [-0.3, -0.25) is 0 Å². The first kappa shape index (κ1) is 19.5. The third-order valence-electron chi connectivity index (χ3n) is 7.50. The van der Waals surface area contributed by atoms with Crippen LogP contribution in [-0.4, -0.2) is 29.1 Å². The van der Waals surface area contributed by atoms with Crippen molar-refractivity contribution < 1.29 is 0 Å². The molecule has 2 aliphatic heterocycles. The van der Waals surface area contributed by atoms with Crippen LogP contribution < -0.4 is 10.2 Å². The topological polar surface area (TPSA) is 64.8 Å².